The lowest BCUT2D eigenvalue weighted by Crippen LogP contribution is -2.19. The highest BCUT2D eigenvalue weighted by Gasteiger charge is 2.29. The Balaban J connectivity index is 1.61. The van der Waals surface area contributed by atoms with Crippen LogP contribution < -0.4 is 0 Å². The van der Waals surface area contributed by atoms with Gasteiger partial charge < -0.3 is 0 Å². The molecule has 0 spiro atoms. The monoisotopic (exact) mass is 260 g/mol. The first kappa shape index (κ1) is 12.9. The molecule has 0 aliphatic heterocycles. The molecule has 104 valence electrons. The molecule has 0 N–H and O–H groups in total. The minimum Gasteiger partial charge on any atom is -0.299 e. The lowest BCUT2D eigenvalue weighted by Gasteiger charge is -2.13. The number of ketones is 1. The molecule has 2 aliphatic rings. The van der Waals surface area contributed by atoms with Crippen LogP contribution in [-0.2, 0) is 11.2 Å². The highest BCUT2D eigenvalue weighted by atomic mass is 16.1. The van der Waals surface area contributed by atoms with Gasteiger partial charge in [-0.3, -0.25) is 9.48 Å². The molecule has 2 saturated carbocycles. The zero-order valence-corrected chi connectivity index (χ0v) is 11.8. The molecule has 0 saturated heterocycles. The average Bonchev–Trinajstić information content (AvgIpc) is 3.07. The van der Waals surface area contributed by atoms with E-state index < -0.39 is 0 Å². The van der Waals surface area contributed by atoms with Crippen molar-refractivity contribution in [3.8, 4) is 0 Å². The van der Waals surface area contributed by atoms with Crippen molar-refractivity contribution in [2.24, 2.45) is 11.8 Å². The quantitative estimate of drug-likeness (QED) is 0.830. The van der Waals surface area contributed by atoms with E-state index in [1.165, 1.54) is 38.5 Å². The first-order chi connectivity index (χ1) is 9.24. The van der Waals surface area contributed by atoms with E-state index in [2.05, 4.69) is 22.9 Å². The number of rotatable bonds is 4. The molecule has 3 rings (SSSR count). The summed E-state index contributed by atoms with van der Waals surface area (Å²) in [5.74, 6) is 1.27. The van der Waals surface area contributed by atoms with Crippen molar-refractivity contribution in [1.29, 1.82) is 0 Å². The summed E-state index contributed by atoms with van der Waals surface area (Å²) in [6.07, 6.45) is 11.2. The largest absolute Gasteiger partial charge is 0.299 e. The van der Waals surface area contributed by atoms with E-state index in [1.807, 2.05) is 6.07 Å². The van der Waals surface area contributed by atoms with E-state index in [4.69, 9.17) is 0 Å². The fourth-order valence-corrected chi connectivity index (χ4v) is 3.78. The summed E-state index contributed by atoms with van der Waals surface area (Å²) in [6, 6.07) is 2.62. The van der Waals surface area contributed by atoms with E-state index in [-0.39, 0.29) is 5.92 Å². The van der Waals surface area contributed by atoms with Gasteiger partial charge in [-0.05, 0) is 37.7 Å². The van der Waals surface area contributed by atoms with Gasteiger partial charge in [0, 0.05) is 12.1 Å². The van der Waals surface area contributed by atoms with Gasteiger partial charge in [-0.25, -0.2) is 0 Å². The summed E-state index contributed by atoms with van der Waals surface area (Å²) in [7, 11) is 0. The minimum atomic E-state index is 0.289. The van der Waals surface area contributed by atoms with Crippen molar-refractivity contribution in [3.05, 3.63) is 18.0 Å². The van der Waals surface area contributed by atoms with Gasteiger partial charge in [-0.2, -0.15) is 5.10 Å². The number of hydrogen-bond acceptors (Lipinski definition) is 2. The van der Waals surface area contributed by atoms with Gasteiger partial charge in [0.25, 0.3) is 0 Å². The van der Waals surface area contributed by atoms with Crippen LogP contribution in [0.25, 0.3) is 0 Å². The summed E-state index contributed by atoms with van der Waals surface area (Å²) in [5, 5.41) is 4.62. The fourth-order valence-electron chi connectivity index (χ4n) is 3.78. The predicted octanol–water partition coefficient (Wildman–Crippen LogP) is 3.55. The van der Waals surface area contributed by atoms with E-state index in [0.717, 1.165) is 12.1 Å². The smallest absolute Gasteiger partial charge is 0.142 e. The van der Waals surface area contributed by atoms with Gasteiger partial charge in [0.1, 0.15) is 5.78 Å². The molecule has 1 heterocycles. The van der Waals surface area contributed by atoms with Crippen molar-refractivity contribution in [3.63, 3.8) is 0 Å². The van der Waals surface area contributed by atoms with E-state index in [0.29, 0.717) is 24.2 Å². The predicted molar refractivity (Wildman–Crippen MR) is 74.9 cm³/mol. The van der Waals surface area contributed by atoms with Crippen LogP contribution in [0.1, 0.15) is 63.6 Å². The van der Waals surface area contributed by atoms with Crippen LogP contribution in [-0.4, -0.2) is 15.6 Å². The topological polar surface area (TPSA) is 34.9 Å². The molecule has 2 atom stereocenters. The zero-order valence-electron chi connectivity index (χ0n) is 11.8. The summed E-state index contributed by atoms with van der Waals surface area (Å²) < 4.78 is 2.09. The maximum Gasteiger partial charge on any atom is 0.142 e. The molecule has 1 aromatic heterocycles. The zero-order chi connectivity index (χ0) is 13.2. The van der Waals surface area contributed by atoms with E-state index in [1.54, 1.807) is 0 Å². The second-order valence-corrected chi connectivity index (χ2v) is 6.38. The number of Topliss-reactive ketones (excluding diaryl/α,β-unsaturated/α-hetero) is 1. The molecule has 1 aromatic rings. The summed E-state index contributed by atoms with van der Waals surface area (Å²) in [4.78, 5) is 12.3. The highest BCUT2D eigenvalue weighted by molar-refractivity contribution is 5.83. The van der Waals surface area contributed by atoms with Crippen LogP contribution in [0.2, 0.25) is 0 Å². The lowest BCUT2D eigenvalue weighted by atomic mass is 9.91. The van der Waals surface area contributed by atoms with Crippen molar-refractivity contribution in [1.82, 2.24) is 9.78 Å². The third-order valence-electron chi connectivity index (χ3n) is 4.99. The Kier molecular flexibility index (Phi) is 3.72. The molecule has 19 heavy (non-hydrogen) atoms. The molecule has 0 radical (unpaired) electrons. The van der Waals surface area contributed by atoms with Gasteiger partial charge >= 0.3 is 0 Å². The van der Waals surface area contributed by atoms with Crippen LogP contribution in [0.3, 0.4) is 0 Å². The lowest BCUT2D eigenvalue weighted by molar-refractivity contribution is -0.123. The number of hydrogen-bond donors (Lipinski definition) is 0. The Morgan fingerprint density at radius 1 is 1.26 bits per heavy atom. The van der Waals surface area contributed by atoms with E-state index >= 15 is 0 Å². The van der Waals surface area contributed by atoms with Crippen molar-refractivity contribution in [2.45, 2.75) is 64.3 Å². The van der Waals surface area contributed by atoms with Gasteiger partial charge in [0.05, 0.1) is 18.2 Å². The fraction of sp³-hybridized carbons (Fsp3) is 0.750. The van der Waals surface area contributed by atoms with Crippen LogP contribution in [0.15, 0.2) is 12.3 Å². The number of carbonyl (C=O) groups excluding carboxylic acids is 1. The third-order valence-corrected chi connectivity index (χ3v) is 4.99. The van der Waals surface area contributed by atoms with Gasteiger partial charge in [-0.1, -0.05) is 26.2 Å². The average molecular weight is 260 g/mol. The molecule has 2 fully saturated rings. The first-order valence-corrected chi connectivity index (χ1v) is 7.81. The van der Waals surface area contributed by atoms with Crippen molar-refractivity contribution in [2.75, 3.05) is 0 Å². The molecule has 3 heteroatoms. The molecular weight excluding hydrogens is 236 g/mol. The third kappa shape index (κ3) is 2.75. The molecule has 0 aromatic carbocycles. The molecule has 0 amide bonds. The van der Waals surface area contributed by atoms with Crippen LogP contribution in [0.5, 0.6) is 0 Å². The molecule has 3 nitrogen and oxygen atoms in total. The number of nitrogens with zero attached hydrogens (tertiary/aromatic N) is 2. The number of carbonyl (C=O) groups is 1. The number of aromatic nitrogens is 2. The van der Waals surface area contributed by atoms with Crippen molar-refractivity contribution >= 4 is 5.78 Å². The maximum atomic E-state index is 12.3. The Morgan fingerprint density at radius 3 is 2.74 bits per heavy atom. The second-order valence-electron chi connectivity index (χ2n) is 6.38. The van der Waals surface area contributed by atoms with Crippen molar-refractivity contribution < 1.29 is 4.79 Å². The Bertz CT molecular complexity index is 445. The maximum absolute atomic E-state index is 12.3. The second kappa shape index (κ2) is 5.48. The molecule has 2 aliphatic carbocycles. The minimum absolute atomic E-state index is 0.289. The normalized spacial score (nSPS) is 28.1. The molecule has 2 unspecified atom stereocenters. The first-order valence-electron chi connectivity index (χ1n) is 7.81. The van der Waals surface area contributed by atoms with Gasteiger partial charge in [0.15, 0.2) is 0 Å². The summed E-state index contributed by atoms with van der Waals surface area (Å²) >= 11 is 0. The highest BCUT2D eigenvalue weighted by Crippen LogP contribution is 2.33. The standard InChI is InChI=1S/C16H24N2O/c1-12-5-4-8-15(12)16(19)11-13-9-10-18(17-13)14-6-2-3-7-14/h9-10,12,14-15H,2-8,11H2,1H3. The van der Waals surface area contributed by atoms with E-state index in [9.17, 15) is 4.79 Å². The van der Waals surface area contributed by atoms with Crippen LogP contribution in [0, 0.1) is 11.8 Å². The van der Waals surface area contributed by atoms with Crippen LogP contribution >= 0.6 is 0 Å². The Morgan fingerprint density at radius 2 is 2.05 bits per heavy atom. The Hall–Kier alpha value is -1.12. The van der Waals surface area contributed by atoms with Gasteiger partial charge in [0.2, 0.25) is 0 Å². The van der Waals surface area contributed by atoms with Crippen LogP contribution in [0.4, 0.5) is 0 Å². The summed E-state index contributed by atoms with van der Waals surface area (Å²) in [5.41, 5.74) is 0.969. The van der Waals surface area contributed by atoms with Gasteiger partial charge in [-0.15, -0.1) is 0 Å². The summed E-state index contributed by atoms with van der Waals surface area (Å²) in [6.45, 7) is 2.21. The Labute approximate surface area is 115 Å². The molecule has 0 bridgehead atoms. The SMILES string of the molecule is CC1CCCC1C(=O)Cc1ccn(C2CCCC2)n1. The molecular formula is C16H24N2O.